The summed E-state index contributed by atoms with van der Waals surface area (Å²) in [6.45, 7) is 6.36. The van der Waals surface area contributed by atoms with Crippen molar-refractivity contribution >= 4 is 28.3 Å². The number of aryl methyl sites for hydroxylation is 1. The molecule has 28 heavy (non-hydrogen) atoms. The Morgan fingerprint density at radius 2 is 1.68 bits per heavy atom. The van der Waals surface area contributed by atoms with E-state index >= 15 is 0 Å². The molecule has 1 unspecified atom stereocenters. The first-order valence-corrected chi connectivity index (χ1v) is 11.0. The fraction of sp³-hybridized carbons (Fsp3) is 0.435. The monoisotopic (exact) mass is 392 g/mol. The zero-order chi connectivity index (χ0) is 19.6. The molecule has 2 bridgehead atoms. The standard InChI is InChI=1S/C23H24N2O2S/c1-4-13-5-7-14(8-6-13)17-11-28-23(24-17)25-21(26)19-15-9-10-16(18(15)12(2)3)20(19)22(25)27/h5-8,11,15-16,19-20H,4,9-10H2,1-3H3/t15-,16+,19-,20?/m0/s1. The van der Waals surface area contributed by atoms with Crippen molar-refractivity contribution < 1.29 is 9.59 Å². The van der Waals surface area contributed by atoms with E-state index in [-0.39, 0.29) is 35.5 Å². The summed E-state index contributed by atoms with van der Waals surface area (Å²) in [4.78, 5) is 32.5. The molecule has 0 spiro atoms. The summed E-state index contributed by atoms with van der Waals surface area (Å²) in [5, 5.41) is 2.47. The van der Waals surface area contributed by atoms with Crippen LogP contribution in [0.3, 0.4) is 0 Å². The first-order chi connectivity index (χ1) is 13.5. The van der Waals surface area contributed by atoms with Gasteiger partial charge in [0, 0.05) is 10.9 Å². The number of hydrogen-bond acceptors (Lipinski definition) is 4. The number of thiazole rings is 1. The van der Waals surface area contributed by atoms with E-state index in [1.807, 2.05) is 5.38 Å². The van der Waals surface area contributed by atoms with E-state index in [1.165, 1.54) is 32.9 Å². The summed E-state index contributed by atoms with van der Waals surface area (Å²) in [6, 6.07) is 8.32. The van der Waals surface area contributed by atoms with Crippen molar-refractivity contribution in [2.75, 3.05) is 4.90 Å². The first kappa shape index (κ1) is 17.8. The number of aromatic nitrogens is 1. The Bertz CT molecular complexity index is 968. The minimum atomic E-state index is -0.174. The smallest absolute Gasteiger partial charge is 0.240 e. The highest BCUT2D eigenvalue weighted by atomic mass is 32.1. The Morgan fingerprint density at radius 3 is 2.21 bits per heavy atom. The van der Waals surface area contributed by atoms with Gasteiger partial charge in [-0.05, 0) is 50.5 Å². The van der Waals surface area contributed by atoms with Gasteiger partial charge in [0.05, 0.1) is 17.5 Å². The number of imide groups is 1. The Hall–Kier alpha value is -2.27. The Balaban J connectivity index is 1.46. The number of anilines is 1. The summed E-state index contributed by atoms with van der Waals surface area (Å²) < 4.78 is 0. The van der Waals surface area contributed by atoms with E-state index in [2.05, 4.69) is 50.0 Å². The SMILES string of the molecule is CCc1ccc(-c2csc(N3C(=O)C4[C@@H]5CC[C@@H](C5=C(C)C)[C@@H]4C3=O)n2)cc1. The number of hydrogen-bond donors (Lipinski definition) is 0. The molecular weight excluding hydrogens is 368 g/mol. The highest BCUT2D eigenvalue weighted by Gasteiger charge is 2.64. The van der Waals surface area contributed by atoms with Crippen molar-refractivity contribution in [2.45, 2.75) is 40.0 Å². The van der Waals surface area contributed by atoms with Crippen LogP contribution < -0.4 is 4.90 Å². The van der Waals surface area contributed by atoms with Crippen molar-refractivity contribution in [3.05, 3.63) is 46.4 Å². The molecule has 0 radical (unpaired) electrons. The van der Waals surface area contributed by atoms with Gasteiger partial charge < -0.3 is 0 Å². The molecule has 2 aromatic rings. The number of rotatable bonds is 3. The Kier molecular flexibility index (Phi) is 4.05. The van der Waals surface area contributed by atoms with E-state index in [9.17, 15) is 9.59 Å². The molecule has 3 aliphatic rings. The van der Waals surface area contributed by atoms with Crippen LogP contribution in [0.15, 0.2) is 40.8 Å². The van der Waals surface area contributed by atoms with Crippen molar-refractivity contribution in [3.8, 4) is 11.3 Å². The van der Waals surface area contributed by atoms with Gasteiger partial charge in [0.15, 0.2) is 5.13 Å². The highest BCUT2D eigenvalue weighted by molar-refractivity contribution is 7.14. The third kappa shape index (κ3) is 2.38. The molecule has 0 N–H and O–H groups in total. The molecule has 2 aliphatic carbocycles. The lowest BCUT2D eigenvalue weighted by atomic mass is 9.81. The first-order valence-electron chi connectivity index (χ1n) is 10.1. The van der Waals surface area contributed by atoms with Gasteiger partial charge in [-0.2, -0.15) is 0 Å². The maximum absolute atomic E-state index is 13.2. The third-order valence-electron chi connectivity index (χ3n) is 6.77. The summed E-state index contributed by atoms with van der Waals surface area (Å²) in [6.07, 6.45) is 3.07. The minimum Gasteiger partial charge on any atom is -0.274 e. The van der Waals surface area contributed by atoms with Crippen LogP contribution in [0.25, 0.3) is 11.3 Å². The maximum atomic E-state index is 13.2. The van der Waals surface area contributed by atoms with Crippen LogP contribution in [-0.4, -0.2) is 16.8 Å². The molecule has 2 saturated carbocycles. The average Bonchev–Trinajstić information content (AvgIpc) is 3.44. The molecule has 1 aromatic heterocycles. The second-order valence-corrected chi connectivity index (χ2v) is 9.21. The quantitative estimate of drug-likeness (QED) is 0.554. The third-order valence-corrected chi connectivity index (χ3v) is 7.60. The Labute approximate surface area is 169 Å². The Morgan fingerprint density at radius 1 is 1.07 bits per heavy atom. The fourth-order valence-electron chi connectivity index (χ4n) is 5.59. The van der Waals surface area contributed by atoms with Gasteiger partial charge in [-0.15, -0.1) is 11.3 Å². The topological polar surface area (TPSA) is 50.3 Å². The van der Waals surface area contributed by atoms with Gasteiger partial charge in [0.1, 0.15) is 0 Å². The molecule has 2 amide bonds. The molecule has 1 saturated heterocycles. The minimum absolute atomic E-state index is 0.0387. The second-order valence-electron chi connectivity index (χ2n) is 8.37. The van der Waals surface area contributed by atoms with Crippen molar-refractivity contribution in [1.82, 2.24) is 4.98 Å². The largest absolute Gasteiger partial charge is 0.274 e. The molecule has 4 nitrogen and oxygen atoms in total. The lowest BCUT2D eigenvalue weighted by molar-refractivity contribution is -0.123. The van der Waals surface area contributed by atoms with Crippen molar-refractivity contribution in [2.24, 2.45) is 23.7 Å². The van der Waals surface area contributed by atoms with E-state index in [4.69, 9.17) is 0 Å². The van der Waals surface area contributed by atoms with Gasteiger partial charge in [-0.25, -0.2) is 9.88 Å². The van der Waals surface area contributed by atoms with Crippen LogP contribution in [0.2, 0.25) is 0 Å². The predicted molar refractivity (Wildman–Crippen MR) is 111 cm³/mol. The van der Waals surface area contributed by atoms with E-state index in [0.717, 1.165) is 30.5 Å². The molecular formula is C23H24N2O2S. The van der Waals surface area contributed by atoms with Gasteiger partial charge >= 0.3 is 0 Å². The number of allylic oxidation sites excluding steroid dienone is 2. The van der Waals surface area contributed by atoms with Crippen LogP contribution in [0, 0.1) is 23.7 Å². The zero-order valence-corrected chi connectivity index (χ0v) is 17.3. The average molecular weight is 393 g/mol. The molecule has 5 heteroatoms. The number of benzene rings is 1. The normalized spacial score (nSPS) is 28.4. The molecule has 5 rings (SSSR count). The molecule has 2 heterocycles. The second kappa shape index (κ2) is 6.38. The van der Waals surface area contributed by atoms with E-state index in [0.29, 0.717) is 5.13 Å². The van der Waals surface area contributed by atoms with Crippen molar-refractivity contribution in [3.63, 3.8) is 0 Å². The van der Waals surface area contributed by atoms with Gasteiger partial charge in [-0.1, -0.05) is 42.3 Å². The summed E-state index contributed by atoms with van der Waals surface area (Å²) >= 11 is 1.39. The van der Waals surface area contributed by atoms with Gasteiger partial charge in [0.2, 0.25) is 11.8 Å². The van der Waals surface area contributed by atoms with Crippen LogP contribution in [0.5, 0.6) is 0 Å². The van der Waals surface area contributed by atoms with Gasteiger partial charge in [0.25, 0.3) is 0 Å². The molecule has 1 aliphatic heterocycles. The van der Waals surface area contributed by atoms with Crippen LogP contribution >= 0.6 is 11.3 Å². The number of carbonyl (C=O) groups is 2. The molecule has 4 atom stereocenters. The van der Waals surface area contributed by atoms with Crippen molar-refractivity contribution in [1.29, 1.82) is 0 Å². The lowest BCUT2D eigenvalue weighted by Crippen LogP contribution is -2.33. The van der Waals surface area contributed by atoms with Crippen LogP contribution in [0.1, 0.15) is 39.2 Å². The zero-order valence-electron chi connectivity index (χ0n) is 16.4. The van der Waals surface area contributed by atoms with E-state index < -0.39 is 0 Å². The predicted octanol–water partition coefficient (Wildman–Crippen LogP) is 4.85. The number of amides is 2. The maximum Gasteiger partial charge on any atom is 0.240 e. The molecule has 3 fully saturated rings. The summed E-state index contributed by atoms with van der Waals surface area (Å²) in [7, 11) is 0. The lowest BCUT2D eigenvalue weighted by Gasteiger charge is -2.18. The van der Waals surface area contributed by atoms with Crippen LogP contribution in [0.4, 0.5) is 5.13 Å². The fourth-order valence-corrected chi connectivity index (χ4v) is 6.43. The number of nitrogens with zero attached hydrogens (tertiary/aromatic N) is 2. The number of carbonyl (C=O) groups excluding carboxylic acids is 2. The molecule has 144 valence electrons. The van der Waals surface area contributed by atoms with Gasteiger partial charge in [-0.3, -0.25) is 9.59 Å². The summed E-state index contributed by atoms with van der Waals surface area (Å²) in [5.74, 6) is 0.0796. The van der Waals surface area contributed by atoms with Crippen LogP contribution in [-0.2, 0) is 16.0 Å². The molecule has 1 aromatic carbocycles. The summed E-state index contributed by atoms with van der Waals surface area (Å²) in [5.41, 5.74) is 5.80. The number of fused-ring (bicyclic) bond motifs is 5. The van der Waals surface area contributed by atoms with E-state index in [1.54, 1.807) is 0 Å². The highest BCUT2D eigenvalue weighted by Crippen LogP contribution is 2.60.